The molecule has 0 saturated carbocycles. The van der Waals surface area contributed by atoms with Crippen LogP contribution in [0.2, 0.25) is 0 Å². The van der Waals surface area contributed by atoms with Gasteiger partial charge in [-0.15, -0.1) is 0 Å². The molecular formula is C21H18F2N4O3. The number of methoxy groups -OCH3 is 2. The van der Waals surface area contributed by atoms with Crippen LogP contribution in [0.15, 0.2) is 60.0 Å². The molecule has 1 heterocycles. The van der Waals surface area contributed by atoms with Gasteiger partial charge in [-0.25, -0.2) is 19.2 Å². The lowest BCUT2D eigenvalue weighted by Crippen LogP contribution is -2.19. The zero-order valence-corrected chi connectivity index (χ0v) is 16.2. The molecule has 0 aliphatic carbocycles. The van der Waals surface area contributed by atoms with E-state index in [-0.39, 0.29) is 11.3 Å². The van der Waals surface area contributed by atoms with Gasteiger partial charge in [-0.1, -0.05) is 24.3 Å². The number of halogens is 2. The zero-order chi connectivity index (χ0) is 21.5. The number of carbonyl (C=O) groups excluding carboxylic acids is 1. The summed E-state index contributed by atoms with van der Waals surface area (Å²) in [5.74, 6) is 0.594. The maximum atomic E-state index is 12.7. The van der Waals surface area contributed by atoms with Crippen LogP contribution >= 0.6 is 0 Å². The second-order valence-electron chi connectivity index (χ2n) is 6.06. The topological polar surface area (TPSA) is 85.7 Å². The summed E-state index contributed by atoms with van der Waals surface area (Å²) >= 11 is 0. The van der Waals surface area contributed by atoms with Crippen molar-refractivity contribution in [2.45, 2.75) is 6.43 Å². The van der Waals surface area contributed by atoms with Crippen LogP contribution in [-0.2, 0) is 0 Å². The third-order valence-electron chi connectivity index (χ3n) is 4.08. The minimum absolute atomic E-state index is 0.0332. The number of benzene rings is 2. The second kappa shape index (κ2) is 9.55. The number of carbonyl (C=O) groups is 1. The van der Waals surface area contributed by atoms with Gasteiger partial charge in [0, 0.05) is 22.8 Å². The minimum Gasteiger partial charge on any atom is -0.497 e. The van der Waals surface area contributed by atoms with Gasteiger partial charge in [-0.3, -0.25) is 9.78 Å². The molecule has 2 aromatic carbocycles. The molecule has 0 unspecified atom stereocenters. The quantitative estimate of drug-likeness (QED) is 0.470. The van der Waals surface area contributed by atoms with E-state index in [4.69, 9.17) is 9.47 Å². The Balaban J connectivity index is 1.72. The molecule has 1 aromatic heterocycles. The van der Waals surface area contributed by atoms with Crippen molar-refractivity contribution in [2.75, 3.05) is 14.2 Å². The van der Waals surface area contributed by atoms with Crippen LogP contribution in [0.4, 0.5) is 8.78 Å². The summed E-state index contributed by atoms with van der Waals surface area (Å²) in [6.07, 6.45) is 1.62. The number of nitrogens with zero attached hydrogens (tertiary/aromatic N) is 3. The molecule has 3 aromatic rings. The molecule has 154 valence electrons. The Bertz CT molecular complexity index is 1030. The maximum Gasteiger partial charge on any atom is 0.291 e. The van der Waals surface area contributed by atoms with Gasteiger partial charge in [-0.2, -0.15) is 5.10 Å². The van der Waals surface area contributed by atoms with E-state index in [2.05, 4.69) is 20.5 Å². The molecule has 1 amide bonds. The summed E-state index contributed by atoms with van der Waals surface area (Å²) in [6, 6.07) is 10.8. The molecule has 3 rings (SSSR count). The molecule has 0 bridgehead atoms. The number of ether oxygens (including phenoxy) is 2. The molecule has 30 heavy (non-hydrogen) atoms. The normalized spacial score (nSPS) is 11.0. The Morgan fingerprint density at radius 2 is 1.73 bits per heavy atom. The molecule has 9 heteroatoms. The van der Waals surface area contributed by atoms with Crippen molar-refractivity contribution < 1.29 is 23.0 Å². The maximum absolute atomic E-state index is 12.7. The van der Waals surface area contributed by atoms with Crippen molar-refractivity contribution in [1.29, 1.82) is 0 Å². The predicted octanol–water partition coefficient (Wildman–Crippen LogP) is 3.86. The van der Waals surface area contributed by atoms with Crippen molar-refractivity contribution in [3.63, 3.8) is 0 Å². The summed E-state index contributed by atoms with van der Waals surface area (Å²) < 4.78 is 35.7. The predicted molar refractivity (Wildman–Crippen MR) is 107 cm³/mol. The monoisotopic (exact) mass is 412 g/mol. The van der Waals surface area contributed by atoms with Crippen LogP contribution in [0, 0.1) is 0 Å². The van der Waals surface area contributed by atoms with E-state index < -0.39 is 12.3 Å². The van der Waals surface area contributed by atoms with Gasteiger partial charge < -0.3 is 9.47 Å². The highest BCUT2D eigenvalue weighted by Crippen LogP contribution is 2.23. The van der Waals surface area contributed by atoms with E-state index in [0.717, 1.165) is 0 Å². The first-order valence-corrected chi connectivity index (χ1v) is 8.77. The number of hydrogen-bond acceptors (Lipinski definition) is 6. The number of amides is 1. The van der Waals surface area contributed by atoms with E-state index in [1.54, 1.807) is 18.2 Å². The summed E-state index contributed by atoms with van der Waals surface area (Å²) in [5, 5.41) is 3.92. The van der Waals surface area contributed by atoms with Gasteiger partial charge in [0.15, 0.2) is 0 Å². The first kappa shape index (κ1) is 20.8. The Kier molecular flexibility index (Phi) is 6.63. The highest BCUT2D eigenvalue weighted by Gasteiger charge is 2.11. The van der Waals surface area contributed by atoms with E-state index >= 15 is 0 Å². The third kappa shape index (κ3) is 5.13. The molecular weight excluding hydrogens is 394 g/mol. The fraction of sp³-hybridized carbons (Fsp3) is 0.143. The van der Waals surface area contributed by atoms with Crippen LogP contribution in [0.5, 0.6) is 11.5 Å². The number of aromatic nitrogens is 2. The highest BCUT2D eigenvalue weighted by molar-refractivity contribution is 5.93. The number of alkyl halides is 2. The van der Waals surface area contributed by atoms with Gasteiger partial charge in [-0.05, 0) is 12.1 Å². The zero-order valence-electron chi connectivity index (χ0n) is 16.2. The molecule has 1 N–H and O–H groups in total. The average Bonchev–Trinajstić information content (AvgIpc) is 2.78. The van der Waals surface area contributed by atoms with E-state index in [1.165, 1.54) is 57.1 Å². The van der Waals surface area contributed by atoms with Crippen LogP contribution < -0.4 is 14.9 Å². The lowest BCUT2D eigenvalue weighted by Gasteiger charge is -2.06. The summed E-state index contributed by atoms with van der Waals surface area (Å²) in [7, 11) is 3.06. The van der Waals surface area contributed by atoms with E-state index in [9.17, 15) is 13.6 Å². The van der Waals surface area contributed by atoms with Crippen LogP contribution in [0.1, 0.15) is 28.0 Å². The first-order valence-electron chi connectivity index (χ1n) is 8.77. The van der Waals surface area contributed by atoms with Gasteiger partial charge in [0.25, 0.3) is 12.3 Å². The first-order chi connectivity index (χ1) is 14.5. The van der Waals surface area contributed by atoms with Crippen molar-refractivity contribution >= 4 is 12.1 Å². The van der Waals surface area contributed by atoms with Gasteiger partial charge in [0.1, 0.15) is 17.2 Å². The van der Waals surface area contributed by atoms with Crippen molar-refractivity contribution in [3.8, 4) is 22.8 Å². The van der Waals surface area contributed by atoms with Crippen molar-refractivity contribution in [1.82, 2.24) is 15.4 Å². The molecule has 0 aliphatic heterocycles. The Labute approximate surface area is 171 Å². The Morgan fingerprint density at radius 1 is 1.07 bits per heavy atom. The van der Waals surface area contributed by atoms with Crippen LogP contribution in [0.3, 0.4) is 0 Å². The number of rotatable bonds is 7. The number of nitrogens with one attached hydrogen (secondary N) is 1. The lowest BCUT2D eigenvalue weighted by atomic mass is 10.1. The van der Waals surface area contributed by atoms with Gasteiger partial charge in [0.2, 0.25) is 0 Å². The van der Waals surface area contributed by atoms with Crippen molar-refractivity contribution in [3.05, 3.63) is 71.7 Å². The second-order valence-corrected chi connectivity index (χ2v) is 6.06. The minimum atomic E-state index is -2.55. The molecule has 7 nitrogen and oxygen atoms in total. The SMILES string of the molecule is COc1cc(/C=N/NC(=O)c2cncc(-c3ccc(C(F)F)cc3)n2)cc(OC)c1. The van der Waals surface area contributed by atoms with Gasteiger partial charge >= 0.3 is 0 Å². The van der Waals surface area contributed by atoms with E-state index in [0.29, 0.717) is 28.3 Å². The Morgan fingerprint density at radius 3 is 2.33 bits per heavy atom. The van der Waals surface area contributed by atoms with Gasteiger partial charge in [0.05, 0.1) is 38.5 Å². The summed E-state index contributed by atoms with van der Waals surface area (Å²) in [4.78, 5) is 20.5. The molecule has 0 radical (unpaired) electrons. The largest absolute Gasteiger partial charge is 0.497 e. The number of hydrazone groups is 1. The smallest absolute Gasteiger partial charge is 0.291 e. The number of hydrogen-bond donors (Lipinski definition) is 1. The molecule has 0 fully saturated rings. The molecule has 0 aliphatic rings. The lowest BCUT2D eigenvalue weighted by molar-refractivity contribution is 0.0950. The average molecular weight is 412 g/mol. The summed E-state index contributed by atoms with van der Waals surface area (Å²) in [6.45, 7) is 0. The molecule has 0 atom stereocenters. The van der Waals surface area contributed by atoms with Crippen LogP contribution in [0.25, 0.3) is 11.3 Å². The fourth-order valence-electron chi connectivity index (χ4n) is 2.54. The Hall–Kier alpha value is -3.88. The summed E-state index contributed by atoms with van der Waals surface area (Å²) in [5.41, 5.74) is 3.91. The highest BCUT2D eigenvalue weighted by atomic mass is 19.3. The molecule has 0 spiro atoms. The fourth-order valence-corrected chi connectivity index (χ4v) is 2.54. The standard InChI is InChI=1S/C21H18F2N4O3/c1-29-16-7-13(8-17(9-16)30-2)10-25-27-21(28)19-12-24-11-18(26-19)14-3-5-15(6-4-14)20(22)23/h3-12,20H,1-2H3,(H,27,28)/b25-10+. The third-order valence-corrected chi connectivity index (χ3v) is 4.08. The molecule has 0 saturated heterocycles. The van der Waals surface area contributed by atoms with E-state index in [1.807, 2.05) is 0 Å². The van der Waals surface area contributed by atoms with Crippen LogP contribution in [-0.4, -0.2) is 36.3 Å². The van der Waals surface area contributed by atoms with Crippen molar-refractivity contribution in [2.24, 2.45) is 5.10 Å².